The molecule has 56 heavy (non-hydrogen) atoms. The molecule has 0 aliphatic heterocycles. The highest BCUT2D eigenvalue weighted by atomic mass is 15.1. The summed E-state index contributed by atoms with van der Waals surface area (Å²) in [5, 5.41) is 5.10. The van der Waals surface area contributed by atoms with Gasteiger partial charge in [-0.25, -0.2) is 0 Å². The second-order valence-electron chi connectivity index (χ2n) is 15.0. The maximum atomic E-state index is 2.39. The van der Waals surface area contributed by atoms with E-state index in [1.165, 1.54) is 77.2 Å². The smallest absolute Gasteiger partial charge is 0.0467 e. The third-order valence-corrected chi connectivity index (χ3v) is 11.4. The average Bonchev–Trinajstić information content (AvgIpc) is 3.27. The lowest BCUT2D eigenvalue weighted by Crippen LogP contribution is -2.10. The number of hydrogen-bond donors (Lipinski definition) is 0. The number of hydrogen-bond acceptors (Lipinski definition) is 1. The van der Waals surface area contributed by atoms with Crippen LogP contribution in [0.25, 0.3) is 72.1 Å². The molecule has 1 heteroatoms. The van der Waals surface area contributed by atoms with Crippen LogP contribution < -0.4 is 4.90 Å². The quantitative estimate of drug-likeness (QED) is 0.149. The number of benzene rings is 9. The second kappa shape index (κ2) is 14.4. The third-order valence-electron chi connectivity index (χ3n) is 11.4. The van der Waals surface area contributed by atoms with Crippen LogP contribution in [0.3, 0.4) is 0 Å². The molecule has 0 N–H and O–H groups in total. The van der Waals surface area contributed by atoms with Crippen LogP contribution >= 0.6 is 0 Å². The largest absolute Gasteiger partial charge is 0.310 e. The SMILES string of the molecule is CC1C=Cc2cccc(-c3cccc(N(c4ccc(-c5ccc(-c6ccccc6)cc5)cc4)c4ccc(-c5cc6ccccc6c6ccccc56)cc4)c3)c2C1. The van der Waals surface area contributed by atoms with Gasteiger partial charge in [0, 0.05) is 17.1 Å². The van der Waals surface area contributed by atoms with Gasteiger partial charge < -0.3 is 4.90 Å². The normalized spacial score (nSPS) is 13.5. The molecule has 0 saturated carbocycles. The van der Waals surface area contributed by atoms with Crippen molar-refractivity contribution in [3.05, 3.63) is 217 Å². The highest BCUT2D eigenvalue weighted by Gasteiger charge is 2.18. The summed E-state index contributed by atoms with van der Waals surface area (Å²) >= 11 is 0. The molecule has 0 fully saturated rings. The first-order valence-corrected chi connectivity index (χ1v) is 19.6. The lowest BCUT2D eigenvalue weighted by atomic mass is 9.85. The molecule has 9 aromatic carbocycles. The van der Waals surface area contributed by atoms with E-state index in [1.54, 1.807) is 0 Å². The topological polar surface area (TPSA) is 3.24 Å². The van der Waals surface area contributed by atoms with E-state index in [9.17, 15) is 0 Å². The standard InChI is InChI=1S/C55H41N/c1-38-21-22-43-14-10-20-51(54(43)35-38)45-15-9-16-49(36-45)56(47-31-27-42(28-32-47)41-25-23-40(24-26-41)39-11-3-2-4-12-39)48-33-29-44(30-34-48)55-37-46-13-5-6-17-50(46)52-18-7-8-19-53(52)55/h2-34,36-38H,35H2,1H3. The van der Waals surface area contributed by atoms with Crippen LogP contribution in [0.5, 0.6) is 0 Å². The lowest BCUT2D eigenvalue weighted by molar-refractivity contribution is 0.718. The lowest BCUT2D eigenvalue weighted by Gasteiger charge is -2.27. The van der Waals surface area contributed by atoms with Crippen LogP contribution in [-0.2, 0) is 6.42 Å². The summed E-state index contributed by atoms with van der Waals surface area (Å²) in [6.07, 6.45) is 5.67. The van der Waals surface area contributed by atoms with Crippen molar-refractivity contribution in [1.29, 1.82) is 0 Å². The number of rotatable bonds is 7. The maximum absolute atomic E-state index is 2.39. The molecule has 0 spiro atoms. The van der Waals surface area contributed by atoms with Gasteiger partial charge >= 0.3 is 0 Å². The Kier molecular flexibility index (Phi) is 8.61. The van der Waals surface area contributed by atoms with Gasteiger partial charge in [0.2, 0.25) is 0 Å². The van der Waals surface area contributed by atoms with Crippen molar-refractivity contribution in [2.24, 2.45) is 5.92 Å². The molecule has 9 aromatic rings. The van der Waals surface area contributed by atoms with Crippen LogP contribution in [0.15, 0.2) is 206 Å². The maximum Gasteiger partial charge on any atom is 0.0467 e. The first kappa shape index (κ1) is 33.6. The predicted molar refractivity (Wildman–Crippen MR) is 240 cm³/mol. The molecule has 0 amide bonds. The monoisotopic (exact) mass is 715 g/mol. The summed E-state index contributed by atoms with van der Waals surface area (Å²) in [6, 6.07) is 73.2. The Labute approximate surface area is 329 Å². The molecular formula is C55H41N. The fourth-order valence-electron chi connectivity index (χ4n) is 8.55. The Morgan fingerprint density at radius 1 is 0.393 bits per heavy atom. The Morgan fingerprint density at radius 2 is 0.946 bits per heavy atom. The minimum absolute atomic E-state index is 0.523. The zero-order valence-electron chi connectivity index (χ0n) is 31.4. The van der Waals surface area contributed by atoms with E-state index in [-0.39, 0.29) is 0 Å². The zero-order chi connectivity index (χ0) is 37.4. The van der Waals surface area contributed by atoms with Gasteiger partial charge in [0.15, 0.2) is 0 Å². The van der Waals surface area contributed by atoms with Gasteiger partial charge in [-0.05, 0) is 132 Å². The average molecular weight is 716 g/mol. The van der Waals surface area contributed by atoms with Crippen molar-refractivity contribution in [3.63, 3.8) is 0 Å². The Balaban J connectivity index is 1.06. The first-order chi connectivity index (χ1) is 27.7. The van der Waals surface area contributed by atoms with Gasteiger partial charge in [0.05, 0.1) is 0 Å². The first-order valence-electron chi connectivity index (χ1n) is 19.6. The summed E-state index contributed by atoms with van der Waals surface area (Å²) < 4.78 is 0. The molecule has 0 aromatic heterocycles. The van der Waals surface area contributed by atoms with Crippen molar-refractivity contribution >= 4 is 44.7 Å². The molecule has 0 bridgehead atoms. The van der Waals surface area contributed by atoms with E-state index in [0.29, 0.717) is 5.92 Å². The number of fused-ring (bicyclic) bond motifs is 4. The molecule has 0 saturated heterocycles. The van der Waals surface area contributed by atoms with Crippen molar-refractivity contribution in [2.75, 3.05) is 4.90 Å². The summed E-state index contributed by atoms with van der Waals surface area (Å²) in [4.78, 5) is 2.39. The van der Waals surface area contributed by atoms with E-state index in [0.717, 1.165) is 23.5 Å². The Hall–Kier alpha value is -6.96. The summed E-state index contributed by atoms with van der Waals surface area (Å²) in [5.74, 6) is 0.523. The highest BCUT2D eigenvalue weighted by molar-refractivity contribution is 6.13. The van der Waals surface area contributed by atoms with E-state index in [2.05, 4.69) is 224 Å². The van der Waals surface area contributed by atoms with E-state index >= 15 is 0 Å². The van der Waals surface area contributed by atoms with Crippen molar-refractivity contribution in [2.45, 2.75) is 13.3 Å². The molecule has 0 radical (unpaired) electrons. The zero-order valence-corrected chi connectivity index (χ0v) is 31.4. The number of allylic oxidation sites excluding steroid dienone is 1. The van der Waals surface area contributed by atoms with Crippen molar-refractivity contribution in [1.82, 2.24) is 0 Å². The van der Waals surface area contributed by atoms with Gasteiger partial charge in [-0.3, -0.25) is 0 Å². The van der Waals surface area contributed by atoms with Gasteiger partial charge in [-0.1, -0.05) is 177 Å². The number of anilines is 3. The Morgan fingerprint density at radius 3 is 1.66 bits per heavy atom. The summed E-state index contributed by atoms with van der Waals surface area (Å²) in [6.45, 7) is 2.31. The summed E-state index contributed by atoms with van der Waals surface area (Å²) in [7, 11) is 0. The summed E-state index contributed by atoms with van der Waals surface area (Å²) in [5.41, 5.74) is 16.0. The van der Waals surface area contributed by atoms with Gasteiger partial charge in [-0.15, -0.1) is 0 Å². The second-order valence-corrected chi connectivity index (χ2v) is 15.0. The van der Waals surface area contributed by atoms with Gasteiger partial charge in [0.1, 0.15) is 0 Å². The van der Waals surface area contributed by atoms with Crippen LogP contribution in [-0.4, -0.2) is 0 Å². The minimum atomic E-state index is 0.523. The molecular weight excluding hydrogens is 675 g/mol. The number of nitrogens with zero attached hydrogens (tertiary/aromatic N) is 1. The minimum Gasteiger partial charge on any atom is -0.310 e. The van der Waals surface area contributed by atoms with Crippen LogP contribution in [0.1, 0.15) is 18.1 Å². The molecule has 1 unspecified atom stereocenters. The molecule has 1 atom stereocenters. The van der Waals surface area contributed by atoms with E-state index in [1.807, 2.05) is 0 Å². The third kappa shape index (κ3) is 6.28. The fourth-order valence-corrected chi connectivity index (χ4v) is 8.55. The predicted octanol–water partition coefficient (Wildman–Crippen LogP) is 15.3. The molecule has 266 valence electrons. The van der Waals surface area contributed by atoms with Gasteiger partial charge in [-0.2, -0.15) is 0 Å². The molecule has 10 rings (SSSR count). The van der Waals surface area contributed by atoms with Crippen molar-refractivity contribution < 1.29 is 0 Å². The van der Waals surface area contributed by atoms with Crippen LogP contribution in [0.4, 0.5) is 17.1 Å². The highest BCUT2D eigenvalue weighted by Crippen LogP contribution is 2.41. The van der Waals surface area contributed by atoms with Crippen LogP contribution in [0, 0.1) is 5.92 Å². The molecule has 0 heterocycles. The van der Waals surface area contributed by atoms with E-state index in [4.69, 9.17) is 0 Å². The Bertz CT molecular complexity index is 2870. The van der Waals surface area contributed by atoms with Crippen molar-refractivity contribution in [3.8, 4) is 44.5 Å². The van der Waals surface area contributed by atoms with Crippen LogP contribution in [0.2, 0.25) is 0 Å². The van der Waals surface area contributed by atoms with Gasteiger partial charge in [0.25, 0.3) is 0 Å². The molecule has 1 aliphatic carbocycles. The van der Waals surface area contributed by atoms with E-state index < -0.39 is 0 Å². The fraction of sp³-hybridized carbons (Fsp3) is 0.0545. The molecule has 1 aliphatic rings. The molecule has 1 nitrogen and oxygen atoms in total.